The minimum atomic E-state index is -0.980. The highest BCUT2D eigenvalue weighted by atomic mass is 35.5. The fourth-order valence-electron chi connectivity index (χ4n) is 2.13. The van der Waals surface area contributed by atoms with Gasteiger partial charge >= 0.3 is 5.97 Å². The molecule has 0 fully saturated rings. The normalized spacial score (nSPS) is 12.0. The number of aryl methyl sites for hydroxylation is 1. The zero-order valence-corrected chi connectivity index (χ0v) is 14.4. The van der Waals surface area contributed by atoms with E-state index in [1.54, 1.807) is 0 Å². The van der Waals surface area contributed by atoms with Crippen LogP contribution >= 0.6 is 22.9 Å². The molecule has 1 aromatic carbocycles. The van der Waals surface area contributed by atoms with Gasteiger partial charge in [0.05, 0.1) is 23.0 Å². The highest BCUT2D eigenvalue weighted by molar-refractivity contribution is 7.15. The summed E-state index contributed by atoms with van der Waals surface area (Å²) in [6.45, 7) is 3.76. The molecule has 122 valence electrons. The number of halogens is 1. The first kappa shape index (κ1) is 17.4. The van der Waals surface area contributed by atoms with Gasteiger partial charge in [-0.25, -0.2) is 4.98 Å². The lowest BCUT2D eigenvalue weighted by Gasteiger charge is -2.12. The molecule has 0 bridgehead atoms. The van der Waals surface area contributed by atoms with Gasteiger partial charge in [-0.2, -0.15) is 0 Å². The Labute approximate surface area is 143 Å². The first-order valence-electron chi connectivity index (χ1n) is 7.11. The smallest absolute Gasteiger partial charge is 0.303 e. The van der Waals surface area contributed by atoms with Gasteiger partial charge in [0.25, 0.3) is 0 Å². The maximum Gasteiger partial charge on any atom is 0.303 e. The largest absolute Gasteiger partial charge is 0.481 e. The predicted molar refractivity (Wildman–Crippen MR) is 90.7 cm³/mol. The molecular formula is C16H17ClN2O3S. The van der Waals surface area contributed by atoms with E-state index in [1.165, 1.54) is 11.3 Å². The second-order valence-electron chi connectivity index (χ2n) is 5.16. The number of hydrogen-bond donors (Lipinski definition) is 2. The van der Waals surface area contributed by atoms with Gasteiger partial charge in [-0.05, 0) is 26.0 Å². The van der Waals surface area contributed by atoms with Crippen LogP contribution in [0.1, 0.15) is 36.4 Å². The summed E-state index contributed by atoms with van der Waals surface area (Å²) in [6.07, 6.45) is -0.197. The van der Waals surface area contributed by atoms with Crippen molar-refractivity contribution in [3.05, 3.63) is 39.9 Å². The van der Waals surface area contributed by atoms with Gasteiger partial charge in [-0.15, -0.1) is 11.3 Å². The fourth-order valence-corrected chi connectivity index (χ4v) is 3.33. The van der Waals surface area contributed by atoms with Crippen LogP contribution in [0.15, 0.2) is 24.3 Å². The highest BCUT2D eigenvalue weighted by Gasteiger charge is 2.17. The lowest BCUT2D eigenvalue weighted by atomic mass is 10.2. The highest BCUT2D eigenvalue weighted by Crippen LogP contribution is 2.32. The Morgan fingerprint density at radius 3 is 2.57 bits per heavy atom. The molecule has 0 saturated heterocycles. The van der Waals surface area contributed by atoms with E-state index in [-0.39, 0.29) is 24.8 Å². The predicted octanol–water partition coefficient (Wildman–Crippen LogP) is 3.81. The van der Waals surface area contributed by atoms with E-state index in [1.807, 2.05) is 38.1 Å². The lowest BCUT2D eigenvalue weighted by molar-refractivity contribution is -0.138. The average Bonchev–Trinajstić information content (AvgIpc) is 2.88. The molecule has 23 heavy (non-hydrogen) atoms. The summed E-state index contributed by atoms with van der Waals surface area (Å²) in [5.41, 5.74) is 1.82. The molecule has 2 aromatic rings. The number of carboxylic acids is 1. The zero-order valence-electron chi connectivity index (χ0n) is 12.8. The van der Waals surface area contributed by atoms with Crippen LogP contribution in [0.3, 0.4) is 0 Å². The van der Waals surface area contributed by atoms with E-state index in [9.17, 15) is 9.59 Å². The topological polar surface area (TPSA) is 79.3 Å². The second-order valence-corrected chi connectivity index (χ2v) is 6.63. The Morgan fingerprint density at radius 2 is 1.96 bits per heavy atom. The number of thiazole rings is 1. The third-order valence-electron chi connectivity index (χ3n) is 3.26. The van der Waals surface area contributed by atoms with Crippen LogP contribution in [-0.2, 0) is 9.59 Å². The summed E-state index contributed by atoms with van der Waals surface area (Å²) in [5.74, 6) is -1.26. The number of carbonyl (C=O) groups excluding carboxylic acids is 1. The van der Waals surface area contributed by atoms with E-state index < -0.39 is 5.97 Å². The fraction of sp³-hybridized carbons (Fsp3) is 0.312. The van der Waals surface area contributed by atoms with Crippen LogP contribution in [0.25, 0.3) is 10.6 Å². The molecule has 0 radical (unpaired) electrons. The van der Waals surface area contributed by atoms with Crippen LogP contribution in [0, 0.1) is 6.92 Å². The molecule has 1 aromatic heterocycles. The Morgan fingerprint density at radius 1 is 1.30 bits per heavy atom. The minimum absolute atomic E-state index is 0.0262. The number of nitrogens with zero attached hydrogens (tertiary/aromatic N) is 1. The maximum absolute atomic E-state index is 11.8. The number of nitrogens with one attached hydrogen (secondary N) is 1. The van der Waals surface area contributed by atoms with E-state index in [0.29, 0.717) is 5.02 Å². The first-order chi connectivity index (χ1) is 10.9. The van der Waals surface area contributed by atoms with Crippen LogP contribution in [0.4, 0.5) is 0 Å². The Balaban J connectivity index is 2.09. The Hall–Kier alpha value is -1.92. The van der Waals surface area contributed by atoms with E-state index in [4.69, 9.17) is 16.7 Å². The third kappa shape index (κ3) is 4.77. The molecule has 1 unspecified atom stereocenters. The second kappa shape index (κ2) is 7.57. The molecule has 2 N–H and O–H groups in total. The lowest BCUT2D eigenvalue weighted by Crippen LogP contribution is -2.26. The number of amides is 1. The average molecular weight is 353 g/mol. The number of aliphatic carboxylic acids is 1. The number of rotatable bonds is 6. The van der Waals surface area contributed by atoms with Gasteiger partial charge in [0.1, 0.15) is 5.01 Å². The van der Waals surface area contributed by atoms with Crippen molar-refractivity contribution in [3.63, 3.8) is 0 Å². The van der Waals surface area contributed by atoms with Crippen molar-refractivity contribution in [2.75, 3.05) is 0 Å². The number of hydrogen-bond acceptors (Lipinski definition) is 4. The summed E-state index contributed by atoms with van der Waals surface area (Å²) in [4.78, 5) is 27.8. The van der Waals surface area contributed by atoms with Gasteiger partial charge < -0.3 is 10.4 Å². The van der Waals surface area contributed by atoms with Gasteiger partial charge in [0, 0.05) is 17.0 Å². The standard InChI is InChI=1S/C16H17ClN2O3S/c1-9(18-13(20)7-8-14(21)22)15-10(2)19-16(23-15)11-3-5-12(17)6-4-11/h3-6,9H,7-8H2,1-2H3,(H,18,20)(H,21,22). The molecule has 0 aliphatic heterocycles. The van der Waals surface area contributed by atoms with Crippen molar-refractivity contribution in [3.8, 4) is 10.6 Å². The number of benzene rings is 1. The van der Waals surface area contributed by atoms with Gasteiger partial charge in [-0.3, -0.25) is 9.59 Å². The van der Waals surface area contributed by atoms with E-state index >= 15 is 0 Å². The van der Waals surface area contributed by atoms with Crippen LogP contribution in [0.2, 0.25) is 5.02 Å². The van der Waals surface area contributed by atoms with Crippen molar-refractivity contribution in [1.29, 1.82) is 0 Å². The molecule has 1 heterocycles. The number of aromatic nitrogens is 1. The van der Waals surface area contributed by atoms with Crippen molar-refractivity contribution in [2.24, 2.45) is 0 Å². The summed E-state index contributed by atoms with van der Waals surface area (Å²) in [7, 11) is 0. The van der Waals surface area contributed by atoms with Crippen LogP contribution in [0.5, 0.6) is 0 Å². The van der Waals surface area contributed by atoms with E-state index in [0.717, 1.165) is 21.1 Å². The molecule has 2 rings (SSSR count). The molecule has 1 amide bonds. The monoisotopic (exact) mass is 352 g/mol. The summed E-state index contributed by atoms with van der Waals surface area (Å²) in [6, 6.07) is 7.21. The molecule has 7 heteroatoms. The molecule has 0 spiro atoms. The van der Waals surface area contributed by atoms with Crippen LogP contribution in [-0.4, -0.2) is 22.0 Å². The van der Waals surface area contributed by atoms with Crippen molar-refractivity contribution < 1.29 is 14.7 Å². The van der Waals surface area contributed by atoms with Crippen molar-refractivity contribution in [2.45, 2.75) is 32.7 Å². The van der Waals surface area contributed by atoms with Gasteiger partial charge in [-0.1, -0.05) is 23.7 Å². The quantitative estimate of drug-likeness (QED) is 0.828. The Kier molecular flexibility index (Phi) is 5.74. The number of carbonyl (C=O) groups is 2. The van der Waals surface area contributed by atoms with Crippen molar-refractivity contribution >= 4 is 34.8 Å². The summed E-state index contributed by atoms with van der Waals surface area (Å²) in [5, 5.41) is 13.0. The first-order valence-corrected chi connectivity index (χ1v) is 8.30. The van der Waals surface area contributed by atoms with Gasteiger partial charge in [0.15, 0.2) is 0 Å². The molecular weight excluding hydrogens is 336 g/mol. The molecule has 5 nitrogen and oxygen atoms in total. The van der Waals surface area contributed by atoms with E-state index in [2.05, 4.69) is 10.3 Å². The number of carboxylic acid groups (broad SMARTS) is 1. The summed E-state index contributed by atoms with van der Waals surface area (Å²) < 4.78 is 0. The Bertz CT molecular complexity index is 713. The maximum atomic E-state index is 11.8. The third-order valence-corrected chi connectivity index (χ3v) is 4.90. The molecule has 0 aliphatic rings. The van der Waals surface area contributed by atoms with Crippen molar-refractivity contribution in [1.82, 2.24) is 10.3 Å². The summed E-state index contributed by atoms with van der Waals surface area (Å²) >= 11 is 7.40. The zero-order chi connectivity index (χ0) is 17.0. The SMILES string of the molecule is Cc1nc(-c2ccc(Cl)cc2)sc1C(C)NC(=O)CCC(=O)O. The van der Waals surface area contributed by atoms with Crippen LogP contribution < -0.4 is 5.32 Å². The molecule has 0 aliphatic carbocycles. The molecule has 1 atom stereocenters. The molecule has 0 saturated carbocycles. The minimum Gasteiger partial charge on any atom is -0.481 e. The van der Waals surface area contributed by atoms with Gasteiger partial charge in [0.2, 0.25) is 5.91 Å².